The highest BCUT2D eigenvalue weighted by Crippen LogP contribution is 2.27. The lowest BCUT2D eigenvalue weighted by Crippen LogP contribution is -2.08. The van der Waals surface area contributed by atoms with E-state index in [4.69, 9.17) is 14.2 Å². The van der Waals surface area contributed by atoms with E-state index in [2.05, 4.69) is 23.5 Å². The van der Waals surface area contributed by atoms with Gasteiger partial charge < -0.3 is 19.5 Å². The van der Waals surface area contributed by atoms with Crippen molar-refractivity contribution in [1.82, 2.24) is 0 Å². The van der Waals surface area contributed by atoms with E-state index in [0.29, 0.717) is 26.4 Å². The largest absolute Gasteiger partial charge is 0.491 e. The molecule has 0 radical (unpaired) electrons. The van der Waals surface area contributed by atoms with Crippen LogP contribution in [0.15, 0.2) is 78.9 Å². The third-order valence-electron chi connectivity index (χ3n) is 4.11. The zero-order valence-corrected chi connectivity index (χ0v) is 15.6. The van der Waals surface area contributed by atoms with Gasteiger partial charge >= 0.3 is 0 Å². The van der Waals surface area contributed by atoms with E-state index in [-0.39, 0.29) is 0 Å². The second kappa shape index (κ2) is 10.2. The molecule has 0 spiro atoms. The minimum atomic E-state index is 0.532. The predicted molar refractivity (Wildman–Crippen MR) is 108 cm³/mol. The molecule has 4 nitrogen and oxygen atoms in total. The summed E-state index contributed by atoms with van der Waals surface area (Å²) < 4.78 is 16.9. The molecule has 3 aromatic carbocycles. The van der Waals surface area contributed by atoms with Crippen molar-refractivity contribution in [3.63, 3.8) is 0 Å². The summed E-state index contributed by atoms with van der Waals surface area (Å²) in [7, 11) is 1.67. The third-order valence-corrected chi connectivity index (χ3v) is 4.11. The molecule has 1 N–H and O–H groups in total. The molecule has 0 unspecified atom stereocenters. The minimum Gasteiger partial charge on any atom is -0.491 e. The van der Waals surface area contributed by atoms with Gasteiger partial charge in [-0.2, -0.15) is 0 Å². The maximum Gasteiger partial charge on any atom is 0.142 e. The van der Waals surface area contributed by atoms with Gasteiger partial charge in [0.2, 0.25) is 0 Å². The summed E-state index contributed by atoms with van der Waals surface area (Å²) >= 11 is 0. The average molecular weight is 363 g/mol. The summed E-state index contributed by atoms with van der Waals surface area (Å²) in [5.41, 5.74) is 3.19. The molecule has 0 aromatic heterocycles. The predicted octanol–water partition coefficient (Wildman–Crippen LogP) is 4.90. The molecule has 0 saturated carbocycles. The van der Waals surface area contributed by atoms with Crippen LogP contribution in [0.3, 0.4) is 0 Å². The van der Waals surface area contributed by atoms with Crippen LogP contribution < -0.4 is 14.8 Å². The van der Waals surface area contributed by atoms with Crippen molar-refractivity contribution in [2.45, 2.75) is 13.2 Å². The highest BCUT2D eigenvalue weighted by atomic mass is 16.5. The normalized spacial score (nSPS) is 10.4. The number of rotatable bonds is 10. The molecule has 3 rings (SSSR count). The summed E-state index contributed by atoms with van der Waals surface area (Å²) in [6.45, 7) is 2.29. The van der Waals surface area contributed by atoms with Gasteiger partial charge in [-0.3, -0.25) is 0 Å². The van der Waals surface area contributed by atoms with E-state index in [0.717, 1.165) is 28.3 Å². The standard InChI is InChI=1S/C23H25NO3/c1-25-15-16-26-22-13-7-5-11-20(22)17-24-21-12-6-8-14-23(21)27-18-19-9-3-2-4-10-19/h2-14,24H,15-18H2,1H3. The van der Waals surface area contributed by atoms with Gasteiger partial charge in [0.25, 0.3) is 0 Å². The van der Waals surface area contributed by atoms with Crippen molar-refractivity contribution < 1.29 is 14.2 Å². The number of anilines is 1. The summed E-state index contributed by atoms with van der Waals surface area (Å²) in [5.74, 6) is 1.70. The Balaban J connectivity index is 1.63. The fourth-order valence-corrected chi connectivity index (χ4v) is 2.69. The van der Waals surface area contributed by atoms with Crippen molar-refractivity contribution in [2.75, 3.05) is 25.6 Å². The lowest BCUT2D eigenvalue weighted by atomic mass is 10.2. The summed E-state index contributed by atoms with van der Waals surface area (Å²) in [5, 5.41) is 3.46. The van der Waals surface area contributed by atoms with E-state index >= 15 is 0 Å². The van der Waals surface area contributed by atoms with Crippen LogP contribution in [-0.2, 0) is 17.9 Å². The van der Waals surface area contributed by atoms with Crippen LogP contribution in [-0.4, -0.2) is 20.3 Å². The van der Waals surface area contributed by atoms with Gasteiger partial charge in [-0.15, -0.1) is 0 Å². The molecule has 27 heavy (non-hydrogen) atoms. The van der Waals surface area contributed by atoms with Gasteiger partial charge in [0.05, 0.1) is 12.3 Å². The van der Waals surface area contributed by atoms with E-state index in [1.165, 1.54) is 0 Å². The maximum absolute atomic E-state index is 6.01. The Hall–Kier alpha value is -2.98. The molecule has 0 aliphatic carbocycles. The summed E-state index contributed by atoms with van der Waals surface area (Å²) in [6, 6.07) is 26.2. The second-order valence-electron chi connectivity index (χ2n) is 6.07. The van der Waals surface area contributed by atoms with Crippen molar-refractivity contribution >= 4 is 5.69 Å². The number of methoxy groups -OCH3 is 1. The maximum atomic E-state index is 6.01. The topological polar surface area (TPSA) is 39.7 Å². The van der Waals surface area contributed by atoms with E-state index in [9.17, 15) is 0 Å². The molecule has 0 bridgehead atoms. The van der Waals surface area contributed by atoms with Gasteiger partial charge in [0.1, 0.15) is 24.7 Å². The average Bonchev–Trinajstić information content (AvgIpc) is 2.73. The second-order valence-corrected chi connectivity index (χ2v) is 6.07. The first-order valence-corrected chi connectivity index (χ1v) is 9.06. The zero-order valence-electron chi connectivity index (χ0n) is 15.6. The van der Waals surface area contributed by atoms with E-state index < -0.39 is 0 Å². The molecule has 3 aromatic rings. The highest BCUT2D eigenvalue weighted by Gasteiger charge is 2.06. The lowest BCUT2D eigenvalue weighted by molar-refractivity contribution is 0.146. The molecule has 0 fully saturated rings. The van der Waals surface area contributed by atoms with Crippen LogP contribution >= 0.6 is 0 Å². The third kappa shape index (κ3) is 5.76. The number of benzene rings is 3. The fourth-order valence-electron chi connectivity index (χ4n) is 2.69. The monoisotopic (exact) mass is 363 g/mol. The number of hydrogen-bond acceptors (Lipinski definition) is 4. The zero-order chi connectivity index (χ0) is 18.7. The number of hydrogen-bond donors (Lipinski definition) is 1. The van der Waals surface area contributed by atoms with Gasteiger partial charge in [-0.25, -0.2) is 0 Å². The van der Waals surface area contributed by atoms with Crippen LogP contribution in [0.25, 0.3) is 0 Å². The van der Waals surface area contributed by atoms with Gasteiger partial charge in [0, 0.05) is 19.2 Å². The lowest BCUT2D eigenvalue weighted by Gasteiger charge is -2.15. The summed E-state index contributed by atoms with van der Waals surface area (Å²) in [4.78, 5) is 0. The van der Waals surface area contributed by atoms with Crippen LogP contribution in [0.5, 0.6) is 11.5 Å². The first kappa shape index (κ1) is 18.8. The van der Waals surface area contributed by atoms with Crippen molar-refractivity contribution in [3.05, 3.63) is 90.0 Å². The van der Waals surface area contributed by atoms with Crippen molar-refractivity contribution in [3.8, 4) is 11.5 Å². The number of nitrogens with one attached hydrogen (secondary N) is 1. The van der Waals surface area contributed by atoms with Crippen molar-refractivity contribution in [1.29, 1.82) is 0 Å². The first-order chi connectivity index (χ1) is 13.4. The minimum absolute atomic E-state index is 0.532. The SMILES string of the molecule is COCCOc1ccccc1CNc1ccccc1OCc1ccccc1. The van der Waals surface area contributed by atoms with Gasteiger partial charge in [0.15, 0.2) is 0 Å². The van der Waals surface area contributed by atoms with Crippen LogP contribution in [0.1, 0.15) is 11.1 Å². The Kier molecular flexibility index (Phi) is 7.13. The number of para-hydroxylation sites is 3. The molecule has 140 valence electrons. The molecule has 0 atom stereocenters. The Morgan fingerprint density at radius 3 is 2.22 bits per heavy atom. The summed E-state index contributed by atoms with van der Waals surface area (Å²) in [6.07, 6.45) is 0. The molecule has 0 aliphatic rings. The Labute approximate surface area is 160 Å². The van der Waals surface area contributed by atoms with Gasteiger partial charge in [-0.1, -0.05) is 60.7 Å². The van der Waals surface area contributed by atoms with Crippen molar-refractivity contribution in [2.24, 2.45) is 0 Å². The van der Waals surface area contributed by atoms with Gasteiger partial charge in [-0.05, 0) is 23.8 Å². The Morgan fingerprint density at radius 2 is 1.41 bits per heavy atom. The first-order valence-electron chi connectivity index (χ1n) is 9.06. The Bertz CT molecular complexity index is 821. The van der Waals surface area contributed by atoms with E-state index in [1.54, 1.807) is 7.11 Å². The molecule has 0 amide bonds. The van der Waals surface area contributed by atoms with Crippen LogP contribution in [0, 0.1) is 0 Å². The highest BCUT2D eigenvalue weighted by molar-refractivity contribution is 5.56. The van der Waals surface area contributed by atoms with Crippen LogP contribution in [0.2, 0.25) is 0 Å². The molecular weight excluding hydrogens is 338 g/mol. The van der Waals surface area contributed by atoms with Crippen LogP contribution in [0.4, 0.5) is 5.69 Å². The number of ether oxygens (including phenoxy) is 3. The molecule has 0 saturated heterocycles. The molecule has 0 heterocycles. The molecule has 0 aliphatic heterocycles. The quantitative estimate of drug-likeness (QED) is 0.520. The molecular formula is C23H25NO3. The Morgan fingerprint density at radius 1 is 0.704 bits per heavy atom. The smallest absolute Gasteiger partial charge is 0.142 e. The fraction of sp³-hybridized carbons (Fsp3) is 0.217. The van der Waals surface area contributed by atoms with E-state index in [1.807, 2.05) is 60.7 Å². The molecule has 4 heteroatoms.